The molecular weight excluding hydrogens is 438 g/mol. The monoisotopic (exact) mass is 459 g/mol. The molecule has 0 spiro atoms. The van der Waals surface area contributed by atoms with E-state index in [1.54, 1.807) is 6.07 Å². The van der Waals surface area contributed by atoms with Crippen LogP contribution in [0.2, 0.25) is 0 Å². The lowest BCUT2D eigenvalue weighted by molar-refractivity contribution is 0.939. The molecule has 0 amide bonds. The third-order valence-corrected chi connectivity index (χ3v) is 6.76. The van der Waals surface area contributed by atoms with Gasteiger partial charge >= 0.3 is 0 Å². The molecule has 0 fully saturated rings. The summed E-state index contributed by atoms with van der Waals surface area (Å²) in [6, 6.07) is 45.8. The van der Waals surface area contributed by atoms with Gasteiger partial charge in [0.15, 0.2) is 0 Å². The van der Waals surface area contributed by atoms with Crippen molar-refractivity contribution in [2.24, 2.45) is 0 Å². The van der Waals surface area contributed by atoms with Crippen molar-refractivity contribution in [3.63, 3.8) is 0 Å². The largest absolute Gasteiger partial charge is 0.310 e. The topological polar surface area (TPSA) is 50.8 Å². The molecule has 0 aromatic heterocycles. The Morgan fingerprint density at radius 1 is 0.528 bits per heavy atom. The molecule has 5 aromatic rings. The molecule has 0 unspecified atom stereocenters. The van der Waals surface area contributed by atoms with E-state index in [4.69, 9.17) is 0 Å². The van der Waals surface area contributed by atoms with Gasteiger partial charge in [-0.1, -0.05) is 78.9 Å². The molecule has 0 N–H and O–H groups in total. The Hall–Kier alpha value is -5.12. The summed E-state index contributed by atoms with van der Waals surface area (Å²) in [5, 5.41) is 18.7. The van der Waals surface area contributed by atoms with E-state index in [0.717, 1.165) is 28.2 Å². The lowest BCUT2D eigenvalue weighted by atomic mass is 9.80. The zero-order valence-electron chi connectivity index (χ0n) is 19.5. The molecule has 1 aliphatic rings. The van der Waals surface area contributed by atoms with Crippen molar-refractivity contribution >= 4 is 17.1 Å². The first-order valence-electron chi connectivity index (χ1n) is 11.9. The minimum atomic E-state index is 0.159. The SMILES string of the molecule is N#Cc1cc(C#N)cc(-c2ccc(N3c4ccccc4C(c4ccccc4)c4ccccc43)cc2)c1. The van der Waals surface area contributed by atoms with Crippen LogP contribution in [0.25, 0.3) is 11.1 Å². The zero-order chi connectivity index (χ0) is 24.5. The molecule has 0 saturated heterocycles. The number of nitriles is 2. The van der Waals surface area contributed by atoms with Crippen LogP contribution in [0.1, 0.15) is 33.7 Å². The fraction of sp³-hybridized carbons (Fsp3) is 0.0303. The van der Waals surface area contributed by atoms with Gasteiger partial charge in [-0.2, -0.15) is 10.5 Å². The second-order valence-electron chi connectivity index (χ2n) is 8.87. The van der Waals surface area contributed by atoms with Crippen molar-refractivity contribution in [3.05, 3.63) is 149 Å². The van der Waals surface area contributed by atoms with Crippen LogP contribution in [-0.4, -0.2) is 0 Å². The Balaban J connectivity index is 1.48. The number of nitrogens with zero attached hydrogens (tertiary/aromatic N) is 3. The first-order chi connectivity index (χ1) is 17.8. The molecule has 0 aliphatic carbocycles. The van der Waals surface area contributed by atoms with Crippen molar-refractivity contribution < 1.29 is 0 Å². The third kappa shape index (κ3) is 3.61. The van der Waals surface area contributed by atoms with Crippen molar-refractivity contribution in [3.8, 4) is 23.3 Å². The fourth-order valence-electron chi connectivity index (χ4n) is 5.18. The van der Waals surface area contributed by atoms with Crippen LogP contribution in [0, 0.1) is 22.7 Å². The number of anilines is 3. The average Bonchev–Trinajstić information content (AvgIpc) is 2.96. The van der Waals surface area contributed by atoms with Gasteiger partial charge in [0.2, 0.25) is 0 Å². The van der Waals surface area contributed by atoms with Gasteiger partial charge in [-0.25, -0.2) is 0 Å². The van der Waals surface area contributed by atoms with E-state index in [9.17, 15) is 10.5 Å². The molecule has 0 bridgehead atoms. The number of benzene rings is 5. The summed E-state index contributed by atoms with van der Waals surface area (Å²) in [5.41, 5.74) is 10.00. The van der Waals surface area contributed by atoms with E-state index in [2.05, 4.69) is 120 Å². The van der Waals surface area contributed by atoms with Crippen molar-refractivity contribution in [2.75, 3.05) is 4.90 Å². The Morgan fingerprint density at radius 3 is 1.61 bits per heavy atom. The first kappa shape index (κ1) is 21.4. The Kier molecular flexibility index (Phi) is 5.30. The minimum absolute atomic E-state index is 0.159. The fourth-order valence-corrected chi connectivity index (χ4v) is 5.18. The number of hydrogen-bond donors (Lipinski definition) is 0. The Labute approximate surface area is 210 Å². The lowest BCUT2D eigenvalue weighted by Crippen LogP contribution is -2.22. The van der Waals surface area contributed by atoms with Gasteiger partial charge in [-0.15, -0.1) is 0 Å². The van der Waals surface area contributed by atoms with Crippen LogP contribution in [0.4, 0.5) is 17.1 Å². The van der Waals surface area contributed by atoms with E-state index in [-0.39, 0.29) is 5.92 Å². The van der Waals surface area contributed by atoms with Gasteiger partial charge in [0.25, 0.3) is 0 Å². The summed E-state index contributed by atoms with van der Waals surface area (Å²) in [7, 11) is 0. The molecule has 5 aromatic carbocycles. The first-order valence-corrected chi connectivity index (χ1v) is 11.9. The summed E-state index contributed by atoms with van der Waals surface area (Å²) in [6.07, 6.45) is 0. The predicted molar refractivity (Wildman–Crippen MR) is 143 cm³/mol. The summed E-state index contributed by atoms with van der Waals surface area (Å²) in [4.78, 5) is 2.32. The van der Waals surface area contributed by atoms with E-state index in [1.165, 1.54) is 16.7 Å². The highest BCUT2D eigenvalue weighted by molar-refractivity contribution is 5.86. The summed E-state index contributed by atoms with van der Waals surface area (Å²) in [6.45, 7) is 0. The second kappa shape index (κ2) is 8.91. The summed E-state index contributed by atoms with van der Waals surface area (Å²) in [5.74, 6) is 0.159. The van der Waals surface area contributed by atoms with Crippen LogP contribution in [-0.2, 0) is 0 Å². The second-order valence-corrected chi connectivity index (χ2v) is 8.87. The smallest absolute Gasteiger partial charge is 0.0992 e. The molecule has 1 heterocycles. The number of para-hydroxylation sites is 2. The molecular formula is C33H21N3. The molecule has 168 valence electrons. The Bertz CT molecular complexity index is 1570. The van der Waals surface area contributed by atoms with E-state index in [1.807, 2.05) is 12.1 Å². The molecule has 36 heavy (non-hydrogen) atoms. The summed E-state index contributed by atoms with van der Waals surface area (Å²) >= 11 is 0. The van der Waals surface area contributed by atoms with Crippen LogP contribution >= 0.6 is 0 Å². The van der Waals surface area contributed by atoms with Crippen LogP contribution < -0.4 is 4.90 Å². The highest BCUT2D eigenvalue weighted by Gasteiger charge is 2.31. The number of fused-ring (bicyclic) bond motifs is 2. The molecule has 6 rings (SSSR count). The minimum Gasteiger partial charge on any atom is -0.310 e. The maximum atomic E-state index is 9.37. The molecule has 3 nitrogen and oxygen atoms in total. The van der Waals surface area contributed by atoms with Crippen molar-refractivity contribution in [1.82, 2.24) is 0 Å². The van der Waals surface area contributed by atoms with E-state index < -0.39 is 0 Å². The summed E-state index contributed by atoms with van der Waals surface area (Å²) < 4.78 is 0. The van der Waals surface area contributed by atoms with Crippen molar-refractivity contribution in [1.29, 1.82) is 10.5 Å². The quantitative estimate of drug-likeness (QED) is 0.269. The molecule has 0 radical (unpaired) electrons. The maximum absolute atomic E-state index is 9.37. The number of rotatable bonds is 3. The van der Waals surface area contributed by atoms with Crippen LogP contribution in [0.15, 0.2) is 121 Å². The van der Waals surface area contributed by atoms with Crippen molar-refractivity contribution in [2.45, 2.75) is 5.92 Å². The predicted octanol–water partition coefficient (Wildman–Crippen LogP) is 8.06. The normalized spacial score (nSPS) is 12.2. The van der Waals surface area contributed by atoms with Gasteiger partial charge in [0, 0.05) is 11.6 Å². The lowest BCUT2D eigenvalue weighted by Gasteiger charge is -2.38. The van der Waals surface area contributed by atoms with Gasteiger partial charge in [0.1, 0.15) is 0 Å². The van der Waals surface area contributed by atoms with Gasteiger partial charge in [-0.05, 0) is 70.3 Å². The maximum Gasteiger partial charge on any atom is 0.0992 e. The van der Waals surface area contributed by atoms with E-state index in [0.29, 0.717) is 11.1 Å². The van der Waals surface area contributed by atoms with Gasteiger partial charge < -0.3 is 4.90 Å². The molecule has 3 heteroatoms. The molecule has 0 atom stereocenters. The van der Waals surface area contributed by atoms with Crippen LogP contribution in [0.5, 0.6) is 0 Å². The van der Waals surface area contributed by atoms with Gasteiger partial charge in [0.05, 0.1) is 34.6 Å². The zero-order valence-corrected chi connectivity index (χ0v) is 19.5. The Morgan fingerprint density at radius 2 is 1.06 bits per heavy atom. The van der Waals surface area contributed by atoms with E-state index >= 15 is 0 Å². The molecule has 1 aliphatic heterocycles. The standard InChI is InChI=1S/C33H21N3/c34-21-23-18-24(22-35)20-27(19-23)25-14-16-28(17-15-25)36-31-12-6-4-10-29(31)33(26-8-2-1-3-9-26)30-11-5-7-13-32(30)36/h1-20,33H. The highest BCUT2D eigenvalue weighted by atomic mass is 15.2. The molecule has 0 saturated carbocycles. The average molecular weight is 460 g/mol. The van der Waals surface area contributed by atoms with Gasteiger partial charge in [-0.3, -0.25) is 0 Å². The number of hydrogen-bond acceptors (Lipinski definition) is 3. The van der Waals surface area contributed by atoms with Crippen LogP contribution in [0.3, 0.4) is 0 Å². The highest BCUT2D eigenvalue weighted by Crippen LogP contribution is 2.51. The third-order valence-electron chi connectivity index (χ3n) is 6.76.